The van der Waals surface area contributed by atoms with E-state index in [2.05, 4.69) is 48.0 Å². The molecule has 3 aromatic carbocycles. The predicted octanol–water partition coefficient (Wildman–Crippen LogP) is 5.49. The molecule has 0 unspecified atom stereocenters. The quantitative estimate of drug-likeness (QED) is 0.331. The number of benzene rings is 3. The summed E-state index contributed by atoms with van der Waals surface area (Å²) >= 11 is 0. The van der Waals surface area contributed by atoms with Crippen LogP contribution in [-0.4, -0.2) is 29.3 Å². The highest BCUT2D eigenvalue weighted by Gasteiger charge is 2.30. The van der Waals surface area contributed by atoms with Crippen molar-refractivity contribution < 1.29 is 8.42 Å². The first-order valence-electron chi connectivity index (χ1n) is 11.6. The van der Waals surface area contributed by atoms with Crippen molar-refractivity contribution in [2.45, 2.75) is 42.9 Å². The smallest absolute Gasteiger partial charge is 0.212 e. The highest BCUT2D eigenvalue weighted by Crippen LogP contribution is 2.35. The topological polar surface area (TPSA) is 103 Å². The van der Waals surface area contributed by atoms with Crippen LogP contribution in [0.1, 0.15) is 37.5 Å². The molecule has 0 aliphatic rings. The van der Waals surface area contributed by atoms with Crippen LogP contribution in [-0.2, 0) is 15.3 Å². The average Bonchev–Trinajstić information content (AvgIpc) is 3.11. The third-order valence-corrected chi connectivity index (χ3v) is 7.91. The molecule has 5 rings (SSSR count). The van der Waals surface area contributed by atoms with Crippen LogP contribution in [0.25, 0.3) is 22.2 Å². The van der Waals surface area contributed by atoms with Crippen molar-refractivity contribution in [2.24, 2.45) is 5.10 Å². The van der Waals surface area contributed by atoms with Crippen LogP contribution in [0.2, 0.25) is 0 Å². The van der Waals surface area contributed by atoms with Gasteiger partial charge in [-0.2, -0.15) is 9.78 Å². The van der Waals surface area contributed by atoms with E-state index in [4.69, 9.17) is 5.73 Å². The maximum atomic E-state index is 13.8. The van der Waals surface area contributed by atoms with Crippen molar-refractivity contribution in [2.75, 3.05) is 5.73 Å². The normalized spacial score (nSPS) is 12.7. The summed E-state index contributed by atoms with van der Waals surface area (Å²) in [4.78, 5) is 9.38. The van der Waals surface area contributed by atoms with Crippen molar-refractivity contribution in [3.63, 3.8) is 0 Å². The molecule has 0 amide bonds. The van der Waals surface area contributed by atoms with Crippen molar-refractivity contribution >= 4 is 44.1 Å². The summed E-state index contributed by atoms with van der Waals surface area (Å²) < 4.78 is 28.9. The minimum Gasteiger partial charge on any atom is -0.382 e. The molecule has 0 aliphatic heterocycles. The zero-order chi connectivity index (χ0) is 25.7. The highest BCUT2D eigenvalue weighted by molar-refractivity contribution is 7.92. The number of hydrogen-bond acceptors (Lipinski definition) is 6. The van der Waals surface area contributed by atoms with E-state index < -0.39 is 9.84 Å². The van der Waals surface area contributed by atoms with Gasteiger partial charge in [0.2, 0.25) is 9.84 Å². The van der Waals surface area contributed by atoms with Crippen molar-refractivity contribution in [3.8, 4) is 0 Å². The monoisotopic (exact) mass is 497 g/mol. The van der Waals surface area contributed by atoms with E-state index in [0.29, 0.717) is 11.0 Å². The van der Waals surface area contributed by atoms with Crippen LogP contribution in [0.4, 0.5) is 5.82 Å². The standard InChI is InChI=1S/C28H27N5O2S/c1-18-8-7-9-21(16-18)36(34,35)25-24-27(32-23-11-6-5-10-22(23)31-24)33(26(25)29)30-17-19-12-14-20(15-13-19)28(2,3)4/h5-17H,29H2,1-4H3. The lowest BCUT2D eigenvalue weighted by Gasteiger charge is -2.18. The second kappa shape index (κ2) is 8.57. The van der Waals surface area contributed by atoms with Crippen LogP contribution in [0.3, 0.4) is 0 Å². The number of rotatable bonds is 4. The van der Waals surface area contributed by atoms with Gasteiger partial charge in [0.15, 0.2) is 5.65 Å². The van der Waals surface area contributed by atoms with Crippen LogP contribution in [0.15, 0.2) is 87.7 Å². The molecule has 8 heteroatoms. The average molecular weight is 498 g/mol. The largest absolute Gasteiger partial charge is 0.382 e. The molecule has 0 saturated heterocycles. The first-order valence-corrected chi connectivity index (χ1v) is 13.1. The lowest BCUT2D eigenvalue weighted by atomic mass is 9.87. The van der Waals surface area contributed by atoms with Gasteiger partial charge in [-0.1, -0.05) is 69.3 Å². The molecule has 36 heavy (non-hydrogen) atoms. The second-order valence-corrected chi connectivity index (χ2v) is 11.7. The molecule has 0 radical (unpaired) electrons. The molecular weight excluding hydrogens is 470 g/mol. The highest BCUT2D eigenvalue weighted by atomic mass is 32.2. The molecule has 182 valence electrons. The summed E-state index contributed by atoms with van der Waals surface area (Å²) in [6.45, 7) is 8.31. The summed E-state index contributed by atoms with van der Waals surface area (Å²) in [7, 11) is -3.99. The summed E-state index contributed by atoms with van der Waals surface area (Å²) in [5, 5.41) is 4.55. The number of hydrogen-bond donors (Lipinski definition) is 1. The summed E-state index contributed by atoms with van der Waals surface area (Å²) in [5.41, 5.74) is 11.0. The predicted molar refractivity (Wildman–Crippen MR) is 144 cm³/mol. The molecule has 5 aromatic rings. The number of aromatic nitrogens is 3. The van der Waals surface area contributed by atoms with Crippen LogP contribution < -0.4 is 5.73 Å². The Morgan fingerprint density at radius 3 is 2.22 bits per heavy atom. The third kappa shape index (κ3) is 4.13. The van der Waals surface area contributed by atoms with Crippen LogP contribution in [0, 0.1) is 6.92 Å². The van der Waals surface area contributed by atoms with E-state index in [9.17, 15) is 8.42 Å². The number of anilines is 1. The Balaban J connectivity index is 1.72. The van der Waals surface area contributed by atoms with E-state index in [1.54, 1.807) is 30.5 Å². The minimum atomic E-state index is -3.99. The molecule has 0 bridgehead atoms. The minimum absolute atomic E-state index is 0.0342. The van der Waals surface area contributed by atoms with Gasteiger partial charge >= 0.3 is 0 Å². The summed E-state index contributed by atoms with van der Waals surface area (Å²) in [6, 6.07) is 22.1. The third-order valence-electron chi connectivity index (χ3n) is 6.10. The summed E-state index contributed by atoms with van der Waals surface area (Å²) in [6.07, 6.45) is 1.64. The van der Waals surface area contributed by atoms with Crippen LogP contribution in [0.5, 0.6) is 0 Å². The SMILES string of the molecule is Cc1cccc(S(=O)(=O)c2c(N)n(N=Cc3ccc(C(C)(C)C)cc3)c3nc4ccccc4nc23)c1. The van der Waals surface area contributed by atoms with Gasteiger partial charge in [-0.05, 0) is 53.3 Å². The van der Waals surface area contributed by atoms with E-state index in [0.717, 1.165) is 11.1 Å². The molecular formula is C28H27N5O2S. The fourth-order valence-corrected chi connectivity index (χ4v) is 5.69. The van der Waals surface area contributed by atoms with Crippen molar-refractivity contribution in [3.05, 3.63) is 89.5 Å². The van der Waals surface area contributed by atoms with E-state index >= 15 is 0 Å². The molecule has 0 aliphatic carbocycles. The van der Waals surface area contributed by atoms with Crippen molar-refractivity contribution in [1.29, 1.82) is 0 Å². The van der Waals surface area contributed by atoms with E-state index in [-0.39, 0.29) is 32.2 Å². The number of sulfone groups is 1. The number of nitrogen functional groups attached to an aromatic ring is 1. The number of nitrogens with zero attached hydrogens (tertiary/aromatic N) is 4. The maximum absolute atomic E-state index is 13.8. The Labute approximate surface area is 210 Å². The van der Waals surface area contributed by atoms with E-state index in [1.165, 1.54) is 10.2 Å². The number of fused-ring (bicyclic) bond motifs is 2. The Morgan fingerprint density at radius 1 is 0.917 bits per heavy atom. The molecule has 7 nitrogen and oxygen atoms in total. The molecule has 0 fully saturated rings. The van der Waals surface area contributed by atoms with Gasteiger partial charge in [0, 0.05) is 0 Å². The van der Waals surface area contributed by atoms with Gasteiger partial charge in [-0.25, -0.2) is 18.4 Å². The van der Waals surface area contributed by atoms with E-state index in [1.807, 2.05) is 43.3 Å². The van der Waals surface area contributed by atoms with Gasteiger partial charge in [0.25, 0.3) is 0 Å². The number of para-hydroxylation sites is 2. The lowest BCUT2D eigenvalue weighted by Crippen LogP contribution is -2.10. The molecule has 0 atom stereocenters. The maximum Gasteiger partial charge on any atom is 0.212 e. The first-order chi connectivity index (χ1) is 17.1. The van der Waals surface area contributed by atoms with Gasteiger partial charge < -0.3 is 5.73 Å². The van der Waals surface area contributed by atoms with Crippen LogP contribution >= 0.6 is 0 Å². The van der Waals surface area contributed by atoms with Crippen molar-refractivity contribution in [1.82, 2.24) is 14.6 Å². The molecule has 2 heterocycles. The van der Waals surface area contributed by atoms with Gasteiger partial charge in [0.1, 0.15) is 16.2 Å². The van der Waals surface area contributed by atoms with Gasteiger partial charge in [-0.3, -0.25) is 0 Å². The zero-order valence-corrected chi connectivity index (χ0v) is 21.4. The second-order valence-electron chi connectivity index (χ2n) is 9.85. The molecule has 0 saturated carbocycles. The lowest BCUT2D eigenvalue weighted by molar-refractivity contribution is 0.590. The first kappa shape index (κ1) is 23.7. The fourth-order valence-electron chi connectivity index (χ4n) is 4.10. The fraction of sp³-hybridized carbons (Fsp3) is 0.179. The zero-order valence-electron chi connectivity index (χ0n) is 20.6. The summed E-state index contributed by atoms with van der Waals surface area (Å²) in [5.74, 6) is -0.0376. The number of nitrogens with two attached hydrogens (primary N) is 1. The number of aryl methyl sites for hydroxylation is 1. The Hall–Kier alpha value is -4.04. The molecule has 2 aromatic heterocycles. The molecule has 2 N–H and O–H groups in total. The Morgan fingerprint density at radius 2 is 1.58 bits per heavy atom. The Bertz CT molecular complexity index is 1750. The van der Waals surface area contributed by atoms with Gasteiger partial charge in [0.05, 0.1) is 22.1 Å². The molecule has 0 spiro atoms. The van der Waals surface area contributed by atoms with Gasteiger partial charge in [-0.15, -0.1) is 0 Å². The Kier molecular flexibility index (Phi) is 5.64.